The quantitative estimate of drug-likeness (QED) is 0.337. The van der Waals surface area contributed by atoms with Gasteiger partial charge in [-0.3, -0.25) is 14.5 Å². The lowest BCUT2D eigenvalue weighted by Crippen LogP contribution is -2.38. The van der Waals surface area contributed by atoms with Crippen molar-refractivity contribution < 1.29 is 9.53 Å². The van der Waals surface area contributed by atoms with Gasteiger partial charge in [-0.1, -0.05) is 0 Å². The van der Waals surface area contributed by atoms with Crippen LogP contribution in [0.1, 0.15) is 51.0 Å². The van der Waals surface area contributed by atoms with E-state index in [-0.39, 0.29) is 12.1 Å². The second-order valence-corrected chi connectivity index (χ2v) is 6.61. The summed E-state index contributed by atoms with van der Waals surface area (Å²) >= 11 is 0. The van der Waals surface area contributed by atoms with Gasteiger partial charge in [-0.05, 0) is 39.0 Å². The smallest absolute Gasteiger partial charge is 0.306 e. The summed E-state index contributed by atoms with van der Waals surface area (Å²) in [6, 6.07) is 0. The molecule has 7 nitrogen and oxygen atoms in total. The Labute approximate surface area is 150 Å². The predicted molar refractivity (Wildman–Crippen MR) is 98.2 cm³/mol. The first kappa shape index (κ1) is 19.3. The molecular weight excluding hydrogens is 318 g/mol. The molecule has 1 aliphatic carbocycles. The Morgan fingerprint density at radius 3 is 2.88 bits per heavy atom. The monoisotopic (exact) mass is 349 g/mol. The van der Waals surface area contributed by atoms with Crippen LogP contribution in [0.15, 0.2) is 17.4 Å². The van der Waals surface area contributed by atoms with Crippen LogP contribution in [-0.2, 0) is 23.1 Å². The number of aromatic nitrogens is 2. The molecule has 1 aromatic rings. The van der Waals surface area contributed by atoms with Gasteiger partial charge in [0.25, 0.3) is 0 Å². The standard InChI is InChI=1S/C18H31N5O2/c1-4-19-18(22(2)13-15-12-21-23(3)14-15)20-11-7-10-17(24)25-16-8-5-6-9-16/h12,14,16H,4-11,13H2,1-3H3,(H,19,20). The number of guanidine groups is 1. The van der Waals surface area contributed by atoms with Crippen molar-refractivity contribution in [2.45, 2.75) is 58.1 Å². The number of esters is 1. The molecular formula is C18H31N5O2. The van der Waals surface area contributed by atoms with Gasteiger partial charge in [0.15, 0.2) is 5.96 Å². The molecule has 25 heavy (non-hydrogen) atoms. The maximum Gasteiger partial charge on any atom is 0.306 e. The number of aryl methyl sites for hydroxylation is 1. The van der Waals surface area contributed by atoms with E-state index in [4.69, 9.17) is 4.74 Å². The van der Waals surface area contributed by atoms with E-state index < -0.39 is 0 Å². The zero-order chi connectivity index (χ0) is 18.1. The number of carbonyl (C=O) groups is 1. The molecule has 0 bridgehead atoms. The first-order valence-corrected chi connectivity index (χ1v) is 9.25. The van der Waals surface area contributed by atoms with Gasteiger partial charge in [-0.15, -0.1) is 0 Å². The van der Waals surface area contributed by atoms with Crippen LogP contribution in [0.2, 0.25) is 0 Å². The highest BCUT2D eigenvalue weighted by Crippen LogP contribution is 2.21. The van der Waals surface area contributed by atoms with Gasteiger partial charge in [0, 0.05) is 51.9 Å². The van der Waals surface area contributed by atoms with Crippen LogP contribution in [-0.4, -0.2) is 52.9 Å². The summed E-state index contributed by atoms with van der Waals surface area (Å²) in [6.07, 6.45) is 9.56. The van der Waals surface area contributed by atoms with E-state index in [0.717, 1.165) is 37.5 Å². The van der Waals surface area contributed by atoms with E-state index in [9.17, 15) is 4.79 Å². The molecule has 1 saturated carbocycles. The van der Waals surface area contributed by atoms with Gasteiger partial charge in [0.2, 0.25) is 0 Å². The lowest BCUT2D eigenvalue weighted by atomic mass is 10.3. The van der Waals surface area contributed by atoms with Crippen molar-refractivity contribution >= 4 is 11.9 Å². The lowest BCUT2D eigenvalue weighted by Gasteiger charge is -2.21. The SMILES string of the molecule is CCNC(=NCCCC(=O)OC1CCCC1)N(C)Cc1cnn(C)c1. The Bertz CT molecular complexity index is 564. The zero-order valence-electron chi connectivity index (χ0n) is 15.7. The molecule has 0 spiro atoms. The lowest BCUT2D eigenvalue weighted by molar-refractivity contribution is -0.148. The minimum atomic E-state index is -0.0872. The van der Waals surface area contributed by atoms with Gasteiger partial charge < -0.3 is 15.0 Å². The molecule has 0 amide bonds. The molecule has 1 heterocycles. The first-order valence-electron chi connectivity index (χ1n) is 9.25. The van der Waals surface area contributed by atoms with Crippen LogP contribution in [0.5, 0.6) is 0 Å². The Balaban J connectivity index is 1.74. The van der Waals surface area contributed by atoms with Gasteiger partial charge in [0.05, 0.1) is 6.20 Å². The van der Waals surface area contributed by atoms with Crippen LogP contribution >= 0.6 is 0 Å². The highest BCUT2D eigenvalue weighted by molar-refractivity contribution is 5.79. The van der Waals surface area contributed by atoms with E-state index in [2.05, 4.69) is 20.3 Å². The summed E-state index contributed by atoms with van der Waals surface area (Å²) in [5.74, 6) is 0.756. The van der Waals surface area contributed by atoms with Crippen molar-refractivity contribution in [1.29, 1.82) is 0 Å². The molecule has 2 rings (SSSR count). The van der Waals surface area contributed by atoms with Crippen molar-refractivity contribution in [3.8, 4) is 0 Å². The summed E-state index contributed by atoms with van der Waals surface area (Å²) in [6.45, 7) is 4.20. The maximum absolute atomic E-state index is 11.8. The highest BCUT2D eigenvalue weighted by atomic mass is 16.5. The third kappa shape index (κ3) is 6.76. The fourth-order valence-electron chi connectivity index (χ4n) is 3.03. The van der Waals surface area contributed by atoms with Crippen LogP contribution in [0.25, 0.3) is 0 Å². The second-order valence-electron chi connectivity index (χ2n) is 6.61. The highest BCUT2D eigenvalue weighted by Gasteiger charge is 2.18. The van der Waals surface area contributed by atoms with Gasteiger partial charge in [-0.2, -0.15) is 5.10 Å². The molecule has 1 aromatic heterocycles. The van der Waals surface area contributed by atoms with Crippen LogP contribution in [0, 0.1) is 0 Å². The Morgan fingerprint density at radius 1 is 1.48 bits per heavy atom. The third-order valence-electron chi connectivity index (χ3n) is 4.28. The van der Waals surface area contributed by atoms with E-state index >= 15 is 0 Å². The molecule has 1 N–H and O–H groups in total. The van der Waals surface area contributed by atoms with E-state index in [1.54, 1.807) is 4.68 Å². The summed E-state index contributed by atoms with van der Waals surface area (Å²) in [7, 11) is 3.91. The number of rotatable bonds is 8. The van der Waals surface area contributed by atoms with Crippen LogP contribution in [0.4, 0.5) is 0 Å². The first-order chi connectivity index (χ1) is 12.1. The number of nitrogens with one attached hydrogen (secondary N) is 1. The Hall–Kier alpha value is -2.05. The van der Waals surface area contributed by atoms with E-state index in [0.29, 0.717) is 19.4 Å². The molecule has 7 heteroatoms. The molecule has 0 saturated heterocycles. The van der Waals surface area contributed by atoms with Gasteiger partial charge >= 0.3 is 5.97 Å². The average Bonchev–Trinajstić information content (AvgIpc) is 3.22. The number of ether oxygens (including phenoxy) is 1. The van der Waals surface area contributed by atoms with Crippen LogP contribution in [0.3, 0.4) is 0 Å². The number of hydrogen-bond donors (Lipinski definition) is 1. The summed E-state index contributed by atoms with van der Waals surface area (Å²) < 4.78 is 7.27. The molecule has 0 radical (unpaired) electrons. The zero-order valence-corrected chi connectivity index (χ0v) is 15.7. The topological polar surface area (TPSA) is 71.8 Å². The summed E-state index contributed by atoms with van der Waals surface area (Å²) in [5.41, 5.74) is 1.13. The Morgan fingerprint density at radius 2 is 2.24 bits per heavy atom. The second kappa shape index (κ2) is 10.1. The van der Waals surface area contributed by atoms with Gasteiger partial charge in [0.1, 0.15) is 6.10 Å². The van der Waals surface area contributed by atoms with Crippen molar-refractivity contribution in [3.63, 3.8) is 0 Å². The number of carbonyl (C=O) groups excluding carboxylic acids is 1. The maximum atomic E-state index is 11.8. The van der Waals surface area contributed by atoms with Crippen LogP contribution < -0.4 is 5.32 Å². The minimum absolute atomic E-state index is 0.0872. The van der Waals surface area contributed by atoms with Crippen molar-refractivity contribution in [2.75, 3.05) is 20.1 Å². The number of nitrogens with zero attached hydrogens (tertiary/aromatic N) is 4. The summed E-state index contributed by atoms with van der Waals surface area (Å²) in [5, 5.41) is 7.48. The van der Waals surface area contributed by atoms with Crippen molar-refractivity contribution in [2.24, 2.45) is 12.0 Å². The predicted octanol–water partition coefficient (Wildman–Crippen LogP) is 2.08. The molecule has 0 atom stereocenters. The molecule has 0 unspecified atom stereocenters. The largest absolute Gasteiger partial charge is 0.462 e. The Kier molecular flexibility index (Phi) is 7.76. The van der Waals surface area contributed by atoms with Gasteiger partial charge in [-0.25, -0.2) is 0 Å². The molecule has 0 aromatic carbocycles. The number of hydrogen-bond acceptors (Lipinski definition) is 4. The fraction of sp³-hybridized carbons (Fsp3) is 0.722. The molecule has 0 aliphatic heterocycles. The van der Waals surface area contributed by atoms with E-state index in [1.807, 2.05) is 33.4 Å². The summed E-state index contributed by atoms with van der Waals surface area (Å²) in [4.78, 5) is 18.5. The third-order valence-corrected chi connectivity index (χ3v) is 4.28. The number of aliphatic imine (C=N–C) groups is 1. The normalized spacial score (nSPS) is 15.4. The molecule has 1 fully saturated rings. The van der Waals surface area contributed by atoms with Crippen molar-refractivity contribution in [3.05, 3.63) is 18.0 Å². The van der Waals surface area contributed by atoms with E-state index in [1.165, 1.54) is 12.8 Å². The molecule has 140 valence electrons. The minimum Gasteiger partial charge on any atom is -0.462 e. The fourth-order valence-corrected chi connectivity index (χ4v) is 3.03. The van der Waals surface area contributed by atoms with Crippen molar-refractivity contribution in [1.82, 2.24) is 20.0 Å². The molecule has 1 aliphatic rings. The average molecular weight is 349 g/mol.